The minimum absolute atomic E-state index is 0.173. The molecule has 0 radical (unpaired) electrons. The van der Waals surface area contributed by atoms with Crippen LogP contribution < -0.4 is 5.73 Å². The molecule has 5 heteroatoms. The molecule has 2 aromatic heterocycles. The van der Waals surface area contributed by atoms with Crippen molar-refractivity contribution in [3.05, 3.63) is 30.4 Å². The Morgan fingerprint density at radius 3 is 2.81 bits per heavy atom. The first-order chi connectivity index (χ1) is 7.81. The molecule has 5 nitrogen and oxygen atoms in total. The Labute approximate surface area is 93.7 Å². The van der Waals surface area contributed by atoms with Gasteiger partial charge in [-0.25, -0.2) is 0 Å². The number of rotatable bonds is 4. The summed E-state index contributed by atoms with van der Waals surface area (Å²) in [4.78, 5) is 8.20. The molecule has 16 heavy (non-hydrogen) atoms. The standard InChI is InChI=1S/C11H14N4O/c1-2-3-9(12)11-14-10(15-16-11)8-4-6-13-7-5-8/h4-7,9H,2-3,12H2,1H3. The van der Waals surface area contributed by atoms with Gasteiger partial charge in [0.15, 0.2) is 0 Å². The molecule has 0 aliphatic rings. The SMILES string of the molecule is CCCC(N)c1nc(-c2ccncc2)no1. The van der Waals surface area contributed by atoms with Crippen LogP contribution in [0.1, 0.15) is 31.7 Å². The Morgan fingerprint density at radius 1 is 1.38 bits per heavy atom. The molecule has 0 fully saturated rings. The van der Waals surface area contributed by atoms with Crippen LogP contribution in [0.3, 0.4) is 0 Å². The summed E-state index contributed by atoms with van der Waals surface area (Å²) in [6.07, 6.45) is 5.22. The molecular weight excluding hydrogens is 204 g/mol. The average molecular weight is 218 g/mol. The third-order valence-electron chi connectivity index (χ3n) is 2.30. The van der Waals surface area contributed by atoms with Crippen molar-refractivity contribution in [3.8, 4) is 11.4 Å². The fourth-order valence-corrected chi connectivity index (χ4v) is 1.44. The van der Waals surface area contributed by atoms with E-state index in [2.05, 4.69) is 22.0 Å². The van der Waals surface area contributed by atoms with Gasteiger partial charge in [0.2, 0.25) is 11.7 Å². The van der Waals surface area contributed by atoms with Gasteiger partial charge in [0, 0.05) is 18.0 Å². The normalized spacial score (nSPS) is 12.6. The van der Waals surface area contributed by atoms with Crippen molar-refractivity contribution in [1.82, 2.24) is 15.1 Å². The minimum atomic E-state index is -0.173. The van der Waals surface area contributed by atoms with E-state index in [0.29, 0.717) is 11.7 Å². The van der Waals surface area contributed by atoms with Crippen LogP contribution in [0, 0.1) is 0 Å². The number of hydrogen-bond donors (Lipinski definition) is 1. The van der Waals surface area contributed by atoms with E-state index in [4.69, 9.17) is 10.3 Å². The second kappa shape index (κ2) is 4.85. The second-order valence-electron chi connectivity index (χ2n) is 3.59. The van der Waals surface area contributed by atoms with Gasteiger partial charge in [-0.1, -0.05) is 18.5 Å². The number of nitrogens with zero attached hydrogens (tertiary/aromatic N) is 3. The highest BCUT2D eigenvalue weighted by molar-refractivity contribution is 5.52. The van der Waals surface area contributed by atoms with Crippen LogP contribution >= 0.6 is 0 Å². The Bertz CT molecular complexity index is 440. The zero-order chi connectivity index (χ0) is 11.4. The molecule has 0 amide bonds. The van der Waals surface area contributed by atoms with Crippen LogP contribution in [0.4, 0.5) is 0 Å². The van der Waals surface area contributed by atoms with Crippen molar-refractivity contribution in [2.75, 3.05) is 0 Å². The molecule has 2 aromatic rings. The van der Waals surface area contributed by atoms with Gasteiger partial charge in [0.1, 0.15) is 0 Å². The summed E-state index contributed by atoms with van der Waals surface area (Å²) in [5, 5.41) is 3.90. The molecule has 1 unspecified atom stereocenters. The van der Waals surface area contributed by atoms with Gasteiger partial charge in [-0.05, 0) is 18.6 Å². The first kappa shape index (κ1) is 10.8. The largest absolute Gasteiger partial charge is 0.337 e. The lowest BCUT2D eigenvalue weighted by Crippen LogP contribution is -2.09. The molecule has 0 spiro atoms. The molecule has 1 atom stereocenters. The first-order valence-corrected chi connectivity index (χ1v) is 5.31. The van der Waals surface area contributed by atoms with Crippen molar-refractivity contribution >= 4 is 0 Å². The highest BCUT2D eigenvalue weighted by atomic mass is 16.5. The van der Waals surface area contributed by atoms with Crippen LogP contribution in [-0.2, 0) is 0 Å². The Kier molecular flexibility index (Phi) is 3.26. The smallest absolute Gasteiger partial charge is 0.243 e. The molecule has 84 valence electrons. The summed E-state index contributed by atoms with van der Waals surface area (Å²) in [5.74, 6) is 1.05. The average Bonchev–Trinajstić information content (AvgIpc) is 2.80. The number of pyridine rings is 1. The van der Waals surface area contributed by atoms with Gasteiger partial charge in [0.25, 0.3) is 0 Å². The van der Waals surface area contributed by atoms with E-state index in [9.17, 15) is 0 Å². The van der Waals surface area contributed by atoms with Gasteiger partial charge in [-0.15, -0.1) is 0 Å². The molecule has 2 heterocycles. The quantitative estimate of drug-likeness (QED) is 0.848. The predicted molar refractivity (Wildman–Crippen MR) is 59.4 cm³/mol. The number of aromatic nitrogens is 3. The lowest BCUT2D eigenvalue weighted by Gasteiger charge is -2.02. The van der Waals surface area contributed by atoms with Crippen LogP contribution in [0.25, 0.3) is 11.4 Å². The Morgan fingerprint density at radius 2 is 2.12 bits per heavy atom. The topological polar surface area (TPSA) is 77.8 Å². The van der Waals surface area contributed by atoms with Gasteiger partial charge < -0.3 is 10.3 Å². The maximum atomic E-state index is 5.89. The van der Waals surface area contributed by atoms with Crippen molar-refractivity contribution in [3.63, 3.8) is 0 Å². The fraction of sp³-hybridized carbons (Fsp3) is 0.364. The fourth-order valence-electron chi connectivity index (χ4n) is 1.44. The summed E-state index contributed by atoms with van der Waals surface area (Å²) < 4.78 is 5.13. The molecule has 2 rings (SSSR count). The third-order valence-corrected chi connectivity index (χ3v) is 2.30. The zero-order valence-electron chi connectivity index (χ0n) is 9.13. The Hall–Kier alpha value is -1.75. The van der Waals surface area contributed by atoms with Gasteiger partial charge in [0.05, 0.1) is 6.04 Å². The van der Waals surface area contributed by atoms with E-state index in [1.54, 1.807) is 12.4 Å². The van der Waals surface area contributed by atoms with Crippen LogP contribution in [-0.4, -0.2) is 15.1 Å². The number of hydrogen-bond acceptors (Lipinski definition) is 5. The van der Waals surface area contributed by atoms with E-state index in [-0.39, 0.29) is 6.04 Å². The van der Waals surface area contributed by atoms with Crippen LogP contribution in [0.2, 0.25) is 0 Å². The molecule has 0 aliphatic heterocycles. The summed E-state index contributed by atoms with van der Waals surface area (Å²) in [6.45, 7) is 2.07. The summed E-state index contributed by atoms with van der Waals surface area (Å²) in [6, 6.07) is 3.49. The van der Waals surface area contributed by atoms with Crippen molar-refractivity contribution in [2.24, 2.45) is 5.73 Å². The maximum Gasteiger partial charge on any atom is 0.243 e. The molecule has 0 saturated carbocycles. The highest BCUT2D eigenvalue weighted by Gasteiger charge is 2.14. The summed E-state index contributed by atoms with van der Waals surface area (Å²) in [5.41, 5.74) is 6.77. The van der Waals surface area contributed by atoms with E-state index in [1.165, 1.54) is 0 Å². The third kappa shape index (κ3) is 2.25. The summed E-state index contributed by atoms with van der Waals surface area (Å²) in [7, 11) is 0. The van der Waals surface area contributed by atoms with Gasteiger partial charge in [-0.3, -0.25) is 4.98 Å². The molecule has 0 bridgehead atoms. The predicted octanol–water partition coefficient (Wildman–Crippen LogP) is 1.93. The second-order valence-corrected chi connectivity index (χ2v) is 3.59. The lowest BCUT2D eigenvalue weighted by atomic mass is 10.2. The van der Waals surface area contributed by atoms with Crippen LogP contribution in [0.15, 0.2) is 29.0 Å². The highest BCUT2D eigenvalue weighted by Crippen LogP contribution is 2.18. The maximum absolute atomic E-state index is 5.89. The van der Waals surface area contributed by atoms with Crippen molar-refractivity contribution in [1.29, 1.82) is 0 Å². The summed E-state index contributed by atoms with van der Waals surface area (Å²) >= 11 is 0. The minimum Gasteiger partial charge on any atom is -0.337 e. The van der Waals surface area contributed by atoms with Gasteiger partial charge in [-0.2, -0.15) is 4.98 Å². The molecule has 0 aromatic carbocycles. The van der Waals surface area contributed by atoms with E-state index < -0.39 is 0 Å². The molecule has 0 saturated heterocycles. The van der Waals surface area contributed by atoms with Crippen molar-refractivity contribution < 1.29 is 4.52 Å². The lowest BCUT2D eigenvalue weighted by molar-refractivity contribution is 0.348. The molecular formula is C11H14N4O. The first-order valence-electron chi connectivity index (χ1n) is 5.31. The van der Waals surface area contributed by atoms with E-state index >= 15 is 0 Å². The Balaban J connectivity index is 2.20. The van der Waals surface area contributed by atoms with Crippen molar-refractivity contribution in [2.45, 2.75) is 25.8 Å². The van der Waals surface area contributed by atoms with E-state index in [1.807, 2.05) is 12.1 Å². The zero-order valence-corrected chi connectivity index (χ0v) is 9.13. The molecule has 2 N–H and O–H groups in total. The molecule has 0 aliphatic carbocycles. The number of nitrogens with two attached hydrogens (primary N) is 1. The van der Waals surface area contributed by atoms with E-state index in [0.717, 1.165) is 18.4 Å². The monoisotopic (exact) mass is 218 g/mol. The van der Waals surface area contributed by atoms with Gasteiger partial charge >= 0.3 is 0 Å². The van der Waals surface area contributed by atoms with Crippen LogP contribution in [0.5, 0.6) is 0 Å².